The van der Waals surface area contributed by atoms with Crippen LogP contribution in [0.1, 0.15) is 84.7 Å². The van der Waals surface area contributed by atoms with Gasteiger partial charge in [-0.1, -0.05) is 44.2 Å². The molecule has 23 heteroatoms. The Morgan fingerprint density at radius 1 is 0.776 bits per heavy atom. The summed E-state index contributed by atoms with van der Waals surface area (Å²) in [4.78, 5) is 97.7. The maximum atomic E-state index is 14.4. The second-order valence-electron chi connectivity index (χ2n) is 22.4. The minimum absolute atomic E-state index is 0.0742. The summed E-state index contributed by atoms with van der Waals surface area (Å²) >= 11 is 0. The summed E-state index contributed by atoms with van der Waals surface area (Å²) in [6.07, 6.45) is 2.89. The molecule has 448 valence electrons. The molecule has 5 atom stereocenters. The Morgan fingerprint density at radius 2 is 1.47 bits per heavy atom. The summed E-state index contributed by atoms with van der Waals surface area (Å²) < 4.78 is 35.3. The second kappa shape index (κ2) is 25.0. The molecule has 8 N–H and O–H groups in total. The Morgan fingerprint density at radius 3 is 2.15 bits per heavy atom. The fraction of sp³-hybridized carbons (Fsp3) is 0.403. The molecule has 0 aromatic heterocycles. The van der Waals surface area contributed by atoms with E-state index in [2.05, 4.69) is 44.8 Å². The second-order valence-corrected chi connectivity index (χ2v) is 22.4. The monoisotopic (exact) mass is 1170 g/mol. The highest BCUT2D eigenvalue weighted by Gasteiger charge is 2.58. The summed E-state index contributed by atoms with van der Waals surface area (Å²) in [7, 11) is 4.61. The van der Waals surface area contributed by atoms with Crippen LogP contribution in [0, 0.1) is 11.3 Å². The molecule has 1 saturated heterocycles. The number of hydrogen-bond acceptors (Lipinski definition) is 16. The lowest BCUT2D eigenvalue weighted by atomic mass is 9.99. The molecule has 5 aliphatic rings. The molecule has 85 heavy (non-hydrogen) atoms. The average Bonchev–Trinajstić information content (AvgIpc) is 3.10. The number of methoxy groups -OCH3 is 3. The van der Waals surface area contributed by atoms with Crippen molar-refractivity contribution in [2.24, 2.45) is 17.1 Å². The zero-order valence-electron chi connectivity index (χ0n) is 48.3. The third-order valence-corrected chi connectivity index (χ3v) is 16.2. The smallest absolute Gasteiger partial charge is 0.416 e. The van der Waals surface area contributed by atoms with E-state index in [1.165, 1.54) is 33.3 Å². The molecule has 0 radical (unpaired) electrons. The first-order valence-electron chi connectivity index (χ1n) is 28.4. The number of carbonyl (C=O) groups is 7. The minimum Gasteiger partial charge on any atom is -0.497 e. The van der Waals surface area contributed by atoms with Gasteiger partial charge in [-0.15, -0.1) is 0 Å². The van der Waals surface area contributed by atoms with Crippen molar-refractivity contribution in [1.82, 2.24) is 25.8 Å². The standard InChI is InChI=1S/C62H71N9O14/c1-34(2)55(68-54(73)30-65-53(72)28-63)57(75)66-35(3)56(74)67-41-13-8-36(9-14-41)32-85-61(79)71-47-26-52(50(82-6)24-45(47)59(77)70-33-62(16-17-62)27-48(70)60(71)78)84-19-7-18-83-51-25-46-44(23-49(51)81-5)58(76)69-31-40(21-42(69)29-64-46)38-10-11-39-22-43(80-4)15-12-37(39)20-38/h8-15,20,22-26,31,34-35,42,48,55,60,64,78H,7,16-19,21,27-30,32-33,63H2,1-6H3,(H,65,72)(H,66,75)(H,67,74)(H,68,73)/t35-,42-,48-,55-,60?/m0/s1. The van der Waals surface area contributed by atoms with Crippen molar-refractivity contribution in [3.8, 4) is 28.7 Å². The number of rotatable bonds is 21. The van der Waals surface area contributed by atoms with Gasteiger partial charge in [-0.05, 0) is 114 Å². The predicted octanol–water partition coefficient (Wildman–Crippen LogP) is 5.52. The molecule has 4 heterocycles. The van der Waals surface area contributed by atoms with Crippen molar-refractivity contribution in [3.05, 3.63) is 113 Å². The van der Waals surface area contributed by atoms with Gasteiger partial charge in [0.15, 0.2) is 29.2 Å². The number of aliphatic hydroxyl groups is 1. The maximum absolute atomic E-state index is 14.4. The average molecular weight is 1170 g/mol. The Hall–Kier alpha value is -9.09. The highest BCUT2D eigenvalue weighted by atomic mass is 16.6. The SMILES string of the molecule is COc1ccc2cc(C3=CN4C(=O)c5cc(OC)c(OCCCOc6cc7c(cc6OC)C(=O)N6CC8(CC8)C[C@H]6C(O)N7C(=O)OCc6ccc(NC(=O)[C@H](C)NC(=O)[C@@H](NC(=O)CNC(=O)CN)C(C)C)cc6)cc5NC[C@@H]4C3)ccc2c1. The molecule has 5 aromatic rings. The molecule has 5 aromatic carbocycles. The first kappa shape index (κ1) is 59.1. The Kier molecular flexibility index (Phi) is 17.4. The Labute approximate surface area is 491 Å². The lowest BCUT2D eigenvalue weighted by Gasteiger charge is -2.31. The molecule has 1 spiro atoms. The summed E-state index contributed by atoms with van der Waals surface area (Å²) in [5.74, 6) is -1.11. The van der Waals surface area contributed by atoms with Gasteiger partial charge in [0, 0.05) is 43.5 Å². The third kappa shape index (κ3) is 12.7. The number of amides is 7. The zero-order chi connectivity index (χ0) is 60.3. The number of hydrogen-bond donors (Lipinski definition) is 7. The first-order chi connectivity index (χ1) is 40.9. The van der Waals surface area contributed by atoms with Crippen LogP contribution in [0.4, 0.5) is 21.9 Å². The van der Waals surface area contributed by atoms with Crippen LogP contribution in [0.2, 0.25) is 0 Å². The Balaban J connectivity index is 0.770. The Bertz CT molecular complexity index is 3460. The van der Waals surface area contributed by atoms with E-state index in [4.69, 9.17) is 34.2 Å². The van der Waals surface area contributed by atoms with Crippen molar-refractivity contribution >= 4 is 74.9 Å². The highest BCUT2D eigenvalue weighted by Crippen LogP contribution is 2.57. The topological polar surface area (TPSA) is 291 Å². The lowest BCUT2D eigenvalue weighted by molar-refractivity contribution is -0.132. The van der Waals surface area contributed by atoms with Gasteiger partial charge in [0.25, 0.3) is 11.8 Å². The van der Waals surface area contributed by atoms with E-state index in [9.17, 15) is 38.7 Å². The van der Waals surface area contributed by atoms with E-state index >= 15 is 0 Å². The van der Waals surface area contributed by atoms with Crippen LogP contribution in [0.25, 0.3) is 16.3 Å². The van der Waals surface area contributed by atoms with Crippen LogP contribution in [-0.4, -0.2) is 148 Å². The molecular weight excluding hydrogens is 1090 g/mol. The number of aliphatic hydroxyl groups excluding tert-OH is 1. The van der Waals surface area contributed by atoms with E-state index < -0.39 is 54.1 Å². The predicted molar refractivity (Wildman–Crippen MR) is 314 cm³/mol. The zero-order valence-corrected chi connectivity index (χ0v) is 48.3. The van der Waals surface area contributed by atoms with Crippen LogP contribution in [0.15, 0.2) is 91.1 Å². The van der Waals surface area contributed by atoms with Crippen molar-refractivity contribution in [3.63, 3.8) is 0 Å². The van der Waals surface area contributed by atoms with Crippen molar-refractivity contribution in [1.29, 1.82) is 0 Å². The summed E-state index contributed by atoms with van der Waals surface area (Å²) in [5.41, 5.74) is 9.44. The van der Waals surface area contributed by atoms with E-state index in [-0.39, 0.29) is 84.8 Å². The molecule has 10 rings (SSSR count). The molecule has 2 fully saturated rings. The van der Waals surface area contributed by atoms with Crippen molar-refractivity contribution in [2.75, 3.05) is 76.3 Å². The molecular formula is C62H71N9O14. The van der Waals surface area contributed by atoms with Crippen molar-refractivity contribution in [2.45, 2.75) is 89.9 Å². The molecule has 4 aliphatic heterocycles. The largest absolute Gasteiger partial charge is 0.497 e. The van der Waals surface area contributed by atoms with Crippen molar-refractivity contribution < 1.29 is 67.1 Å². The quantitative estimate of drug-likeness (QED) is 0.0445. The van der Waals surface area contributed by atoms with Crippen LogP contribution < -0.4 is 60.9 Å². The molecule has 1 aliphatic carbocycles. The van der Waals surface area contributed by atoms with E-state index in [1.807, 2.05) is 24.4 Å². The summed E-state index contributed by atoms with van der Waals surface area (Å²) in [6, 6.07) is 22.3. The maximum Gasteiger partial charge on any atom is 0.416 e. The van der Waals surface area contributed by atoms with Crippen LogP contribution in [0.5, 0.6) is 28.7 Å². The summed E-state index contributed by atoms with van der Waals surface area (Å²) in [5, 5.41) is 28.0. The number of benzene rings is 5. The summed E-state index contributed by atoms with van der Waals surface area (Å²) in [6.45, 7) is 5.25. The van der Waals surface area contributed by atoms with Gasteiger partial charge in [-0.2, -0.15) is 0 Å². The number of anilines is 3. The number of nitrogens with two attached hydrogens (primary N) is 1. The normalized spacial score (nSPS) is 18.7. The van der Waals surface area contributed by atoms with Crippen LogP contribution in [-0.2, 0) is 30.5 Å². The van der Waals surface area contributed by atoms with Gasteiger partial charge in [0.1, 0.15) is 24.4 Å². The molecule has 0 bridgehead atoms. The van der Waals surface area contributed by atoms with E-state index in [0.717, 1.165) is 45.4 Å². The fourth-order valence-electron chi connectivity index (χ4n) is 11.3. The van der Waals surface area contributed by atoms with Crippen LogP contribution >= 0.6 is 0 Å². The van der Waals surface area contributed by atoms with E-state index in [1.54, 1.807) is 67.2 Å². The number of nitrogens with zero attached hydrogens (tertiary/aromatic N) is 3. The molecule has 23 nitrogen and oxygen atoms in total. The highest BCUT2D eigenvalue weighted by molar-refractivity contribution is 6.06. The molecule has 1 unspecified atom stereocenters. The van der Waals surface area contributed by atoms with Gasteiger partial charge < -0.3 is 75.6 Å². The number of ether oxygens (including phenoxy) is 6. The van der Waals surface area contributed by atoms with Gasteiger partial charge in [0.05, 0.1) is 82.2 Å². The molecule has 1 saturated carbocycles. The lowest BCUT2D eigenvalue weighted by Crippen LogP contribution is -2.55. The fourth-order valence-corrected chi connectivity index (χ4v) is 11.3. The number of fused-ring (bicyclic) bond motifs is 5. The first-order valence-corrected chi connectivity index (χ1v) is 28.4. The number of carbonyl (C=O) groups excluding carboxylic acids is 7. The number of nitrogens with one attached hydrogen (secondary N) is 5. The van der Waals surface area contributed by atoms with Crippen LogP contribution in [0.3, 0.4) is 0 Å². The van der Waals surface area contributed by atoms with Gasteiger partial charge in [0.2, 0.25) is 23.6 Å². The van der Waals surface area contributed by atoms with Gasteiger partial charge >= 0.3 is 6.09 Å². The minimum atomic E-state index is -1.48. The molecule has 7 amide bonds. The van der Waals surface area contributed by atoms with Gasteiger partial charge in [-0.3, -0.25) is 28.8 Å². The van der Waals surface area contributed by atoms with Gasteiger partial charge in [-0.25, -0.2) is 9.69 Å². The third-order valence-electron chi connectivity index (χ3n) is 16.2. The van der Waals surface area contributed by atoms with E-state index in [0.29, 0.717) is 66.4 Å².